The van der Waals surface area contributed by atoms with Crippen molar-refractivity contribution in [3.63, 3.8) is 0 Å². The van der Waals surface area contributed by atoms with Gasteiger partial charge in [-0.05, 0) is 61.9 Å². The van der Waals surface area contributed by atoms with Gasteiger partial charge in [-0.1, -0.05) is 29.3 Å². The molecule has 0 radical (unpaired) electrons. The molecule has 33 heavy (non-hydrogen) atoms. The standard InChI is InChI=1S/C24H30Cl2N6O/c1-16(20-5-4-19(25)11-21(20)26)28-24-22-6-7-27-32(22)15-23(29-24)31-13-18(14-31)17-3-2-8-30(12-17)9-10-33/h4-7,11,15-18,33H,2-3,8-10,12-14H2,1H3,(H,28,29)/t16-,17+/m1/s1. The van der Waals surface area contributed by atoms with Crippen LogP contribution in [0.4, 0.5) is 11.6 Å². The van der Waals surface area contributed by atoms with E-state index in [1.807, 2.05) is 28.9 Å². The molecule has 1 aromatic carbocycles. The molecule has 0 spiro atoms. The molecule has 2 atom stereocenters. The Morgan fingerprint density at radius 2 is 2.03 bits per heavy atom. The molecule has 0 unspecified atom stereocenters. The summed E-state index contributed by atoms with van der Waals surface area (Å²) < 4.78 is 1.89. The Bertz CT molecular complexity index is 1110. The number of nitrogens with one attached hydrogen (secondary N) is 1. The number of halogens is 2. The third-order valence-electron chi connectivity index (χ3n) is 7.02. The Morgan fingerprint density at radius 1 is 1.18 bits per heavy atom. The molecule has 7 nitrogen and oxygen atoms in total. The second kappa shape index (κ2) is 9.66. The predicted molar refractivity (Wildman–Crippen MR) is 133 cm³/mol. The summed E-state index contributed by atoms with van der Waals surface area (Å²) in [6.45, 7) is 7.32. The Kier molecular flexibility index (Phi) is 6.65. The van der Waals surface area contributed by atoms with Crippen LogP contribution in [-0.4, -0.2) is 63.9 Å². The Labute approximate surface area is 204 Å². The van der Waals surface area contributed by atoms with Crippen LogP contribution < -0.4 is 10.2 Å². The van der Waals surface area contributed by atoms with Gasteiger partial charge in [-0.3, -0.25) is 0 Å². The first-order valence-corrected chi connectivity index (χ1v) is 12.4. The highest BCUT2D eigenvalue weighted by Gasteiger charge is 2.36. The fourth-order valence-electron chi connectivity index (χ4n) is 5.13. The number of rotatable bonds is 7. The Hall–Kier alpha value is -2.06. The number of aromatic nitrogens is 3. The van der Waals surface area contributed by atoms with Gasteiger partial charge in [0.25, 0.3) is 0 Å². The zero-order chi connectivity index (χ0) is 22.9. The van der Waals surface area contributed by atoms with Gasteiger partial charge < -0.3 is 20.2 Å². The van der Waals surface area contributed by atoms with Crippen molar-refractivity contribution in [3.8, 4) is 0 Å². The number of aliphatic hydroxyl groups is 1. The summed E-state index contributed by atoms with van der Waals surface area (Å²) in [4.78, 5) is 9.71. The molecule has 2 saturated heterocycles. The van der Waals surface area contributed by atoms with Crippen molar-refractivity contribution in [2.24, 2.45) is 11.8 Å². The van der Waals surface area contributed by atoms with Gasteiger partial charge in [0, 0.05) is 36.2 Å². The van der Waals surface area contributed by atoms with Gasteiger partial charge in [-0.15, -0.1) is 0 Å². The van der Waals surface area contributed by atoms with Crippen molar-refractivity contribution in [1.82, 2.24) is 19.5 Å². The maximum atomic E-state index is 9.28. The van der Waals surface area contributed by atoms with Crippen molar-refractivity contribution in [2.45, 2.75) is 25.8 Å². The highest BCUT2D eigenvalue weighted by atomic mass is 35.5. The monoisotopic (exact) mass is 488 g/mol. The van der Waals surface area contributed by atoms with Gasteiger partial charge in [0.05, 0.1) is 25.0 Å². The largest absolute Gasteiger partial charge is 0.395 e. The van der Waals surface area contributed by atoms with Crippen LogP contribution in [0.2, 0.25) is 10.0 Å². The van der Waals surface area contributed by atoms with E-state index in [1.165, 1.54) is 12.8 Å². The van der Waals surface area contributed by atoms with Gasteiger partial charge in [0.2, 0.25) is 0 Å². The van der Waals surface area contributed by atoms with Crippen LogP contribution >= 0.6 is 23.2 Å². The molecule has 4 heterocycles. The quantitative estimate of drug-likeness (QED) is 0.515. The van der Waals surface area contributed by atoms with E-state index >= 15 is 0 Å². The molecule has 3 aromatic rings. The van der Waals surface area contributed by atoms with E-state index < -0.39 is 0 Å². The van der Waals surface area contributed by atoms with Crippen LogP contribution in [0, 0.1) is 11.8 Å². The molecular weight excluding hydrogens is 459 g/mol. The molecule has 0 bridgehead atoms. The smallest absolute Gasteiger partial charge is 0.155 e. The van der Waals surface area contributed by atoms with Crippen molar-refractivity contribution in [3.05, 3.63) is 52.3 Å². The van der Waals surface area contributed by atoms with Crippen LogP contribution in [-0.2, 0) is 0 Å². The number of benzene rings is 1. The summed E-state index contributed by atoms with van der Waals surface area (Å²) in [5.74, 6) is 3.09. The molecule has 5 rings (SSSR count). The zero-order valence-corrected chi connectivity index (χ0v) is 20.3. The molecule has 0 aliphatic carbocycles. The lowest BCUT2D eigenvalue weighted by molar-refractivity contribution is 0.101. The van der Waals surface area contributed by atoms with Crippen LogP contribution in [0.5, 0.6) is 0 Å². The molecule has 2 N–H and O–H groups in total. The summed E-state index contributed by atoms with van der Waals surface area (Å²) in [6.07, 6.45) is 6.30. The van der Waals surface area contributed by atoms with Gasteiger partial charge in [-0.2, -0.15) is 5.10 Å². The molecule has 2 aliphatic rings. The van der Waals surface area contributed by atoms with E-state index in [2.05, 4.69) is 27.1 Å². The number of hydrogen-bond donors (Lipinski definition) is 2. The first kappa shape index (κ1) is 22.7. The second-order valence-corrected chi connectivity index (χ2v) is 10.1. The minimum Gasteiger partial charge on any atom is -0.395 e. The zero-order valence-electron chi connectivity index (χ0n) is 18.8. The lowest BCUT2D eigenvalue weighted by Crippen LogP contribution is -2.54. The molecule has 0 amide bonds. The van der Waals surface area contributed by atoms with E-state index in [-0.39, 0.29) is 12.6 Å². The highest BCUT2D eigenvalue weighted by Crippen LogP contribution is 2.35. The SMILES string of the molecule is C[C@@H](Nc1nc(N2CC([C@H]3CCCN(CCO)C3)C2)cn2nccc12)c1ccc(Cl)cc1Cl. The summed E-state index contributed by atoms with van der Waals surface area (Å²) in [6, 6.07) is 7.49. The second-order valence-electron chi connectivity index (χ2n) is 9.23. The molecule has 2 aliphatic heterocycles. The fourth-order valence-corrected chi connectivity index (χ4v) is 5.70. The summed E-state index contributed by atoms with van der Waals surface area (Å²) in [5.41, 5.74) is 1.90. The van der Waals surface area contributed by atoms with Crippen molar-refractivity contribution in [1.29, 1.82) is 0 Å². The first-order chi connectivity index (χ1) is 16.0. The van der Waals surface area contributed by atoms with Gasteiger partial charge in [0.15, 0.2) is 5.82 Å². The fraction of sp³-hybridized carbons (Fsp3) is 0.500. The lowest BCUT2D eigenvalue weighted by atomic mass is 9.80. The van der Waals surface area contributed by atoms with Gasteiger partial charge in [0.1, 0.15) is 11.3 Å². The molecule has 9 heteroatoms. The maximum Gasteiger partial charge on any atom is 0.155 e. The third-order valence-corrected chi connectivity index (χ3v) is 7.58. The van der Waals surface area contributed by atoms with E-state index in [1.54, 1.807) is 12.3 Å². The molecule has 176 valence electrons. The normalized spacial score (nSPS) is 20.7. The first-order valence-electron chi connectivity index (χ1n) is 11.7. The van der Waals surface area contributed by atoms with Crippen molar-refractivity contribution >= 4 is 40.4 Å². The molecule has 2 aromatic heterocycles. The topological polar surface area (TPSA) is 68.9 Å². The lowest BCUT2D eigenvalue weighted by Gasteiger charge is -2.47. The van der Waals surface area contributed by atoms with Crippen molar-refractivity contribution < 1.29 is 5.11 Å². The van der Waals surface area contributed by atoms with E-state index in [4.69, 9.17) is 28.2 Å². The number of hydrogen-bond acceptors (Lipinski definition) is 6. The van der Waals surface area contributed by atoms with E-state index in [0.717, 1.165) is 55.4 Å². The van der Waals surface area contributed by atoms with Crippen LogP contribution in [0.15, 0.2) is 36.7 Å². The molecule has 2 fully saturated rings. The number of piperidine rings is 1. The van der Waals surface area contributed by atoms with Gasteiger partial charge in [-0.25, -0.2) is 9.50 Å². The average Bonchev–Trinajstić information content (AvgIpc) is 3.22. The number of aliphatic hydroxyl groups excluding tert-OH is 1. The third kappa shape index (κ3) is 4.78. The predicted octanol–water partition coefficient (Wildman–Crippen LogP) is 4.35. The average molecular weight is 489 g/mol. The van der Waals surface area contributed by atoms with E-state index in [9.17, 15) is 5.11 Å². The maximum absolute atomic E-state index is 9.28. The summed E-state index contributed by atoms with van der Waals surface area (Å²) in [7, 11) is 0. The van der Waals surface area contributed by atoms with E-state index in [0.29, 0.717) is 21.9 Å². The number of anilines is 2. The van der Waals surface area contributed by atoms with Crippen molar-refractivity contribution in [2.75, 3.05) is 49.5 Å². The summed E-state index contributed by atoms with van der Waals surface area (Å²) >= 11 is 12.5. The summed E-state index contributed by atoms with van der Waals surface area (Å²) in [5, 5.41) is 18.5. The van der Waals surface area contributed by atoms with Crippen LogP contribution in [0.25, 0.3) is 5.52 Å². The minimum absolute atomic E-state index is 0.0416. The minimum atomic E-state index is -0.0416. The van der Waals surface area contributed by atoms with Gasteiger partial charge >= 0.3 is 0 Å². The molecule has 0 saturated carbocycles. The number of likely N-dealkylation sites (tertiary alicyclic amines) is 1. The van der Waals surface area contributed by atoms with Crippen LogP contribution in [0.3, 0.4) is 0 Å². The number of fused-ring (bicyclic) bond motifs is 1. The van der Waals surface area contributed by atoms with Crippen LogP contribution in [0.1, 0.15) is 31.4 Å². The molecular formula is C24H30Cl2N6O. The Balaban J connectivity index is 1.30. The number of nitrogens with zero attached hydrogens (tertiary/aromatic N) is 5. The Morgan fingerprint density at radius 3 is 2.82 bits per heavy atom. The number of β-amino-alcohol motifs (C(OH)–C–C–N with tert-alkyl or cyclic N) is 1. The highest BCUT2D eigenvalue weighted by molar-refractivity contribution is 6.35.